The molecule has 0 bridgehead atoms. The topological polar surface area (TPSA) is 97.4 Å². The largest absolute Gasteiger partial charge is 0.360 e. The van der Waals surface area contributed by atoms with Gasteiger partial charge in [0.15, 0.2) is 5.82 Å². The monoisotopic (exact) mass is 482 g/mol. The lowest BCUT2D eigenvalue weighted by atomic mass is 10.1. The average Bonchev–Trinajstić information content (AvgIpc) is 3.34. The fourth-order valence-corrected chi connectivity index (χ4v) is 5.75. The number of nitrogens with zero attached hydrogens (tertiary/aromatic N) is 3. The van der Waals surface area contributed by atoms with E-state index in [1.807, 2.05) is 44.4 Å². The van der Waals surface area contributed by atoms with Crippen LogP contribution in [0.4, 0.5) is 0 Å². The van der Waals surface area contributed by atoms with Crippen LogP contribution in [0.25, 0.3) is 11.9 Å². The molecule has 1 aliphatic heterocycles. The Morgan fingerprint density at radius 1 is 1.09 bits per heavy atom. The van der Waals surface area contributed by atoms with Gasteiger partial charge in [-0.3, -0.25) is 9.36 Å². The molecule has 8 nitrogen and oxygen atoms in total. The van der Waals surface area contributed by atoms with E-state index in [0.717, 1.165) is 28.3 Å². The number of carbonyl (C=O) groups excluding carboxylic acids is 1. The molecule has 1 aromatic carbocycles. The molecule has 0 saturated carbocycles. The fourth-order valence-electron chi connectivity index (χ4n) is 4.28. The predicted octanol–water partition coefficient (Wildman–Crippen LogP) is 3.68. The average molecular weight is 483 g/mol. The van der Waals surface area contributed by atoms with Gasteiger partial charge in [0, 0.05) is 42.7 Å². The molecule has 0 atom stereocenters. The number of aryl methyl sites for hydroxylation is 3. The van der Waals surface area contributed by atoms with E-state index in [0.29, 0.717) is 36.6 Å². The molecule has 9 heteroatoms. The van der Waals surface area contributed by atoms with Gasteiger partial charge in [-0.2, -0.15) is 4.31 Å². The van der Waals surface area contributed by atoms with Crippen LogP contribution < -0.4 is 5.32 Å². The molecule has 1 saturated heterocycles. The zero-order valence-corrected chi connectivity index (χ0v) is 20.7. The van der Waals surface area contributed by atoms with Crippen molar-refractivity contribution in [2.24, 2.45) is 0 Å². The molecule has 180 valence electrons. The molecule has 34 heavy (non-hydrogen) atoms. The van der Waals surface area contributed by atoms with Crippen molar-refractivity contribution < 1.29 is 17.7 Å². The van der Waals surface area contributed by atoms with Crippen molar-refractivity contribution >= 4 is 22.0 Å². The van der Waals surface area contributed by atoms with Crippen LogP contribution in [0.3, 0.4) is 0 Å². The lowest BCUT2D eigenvalue weighted by Crippen LogP contribution is -2.46. The third-order valence-electron chi connectivity index (χ3n) is 6.19. The number of hydrogen-bond acceptors (Lipinski definition) is 5. The summed E-state index contributed by atoms with van der Waals surface area (Å²) >= 11 is 0. The van der Waals surface area contributed by atoms with Gasteiger partial charge in [0.1, 0.15) is 5.76 Å². The highest BCUT2D eigenvalue weighted by Gasteiger charge is 2.29. The number of hydrogen-bond donors (Lipinski definition) is 1. The summed E-state index contributed by atoms with van der Waals surface area (Å²) in [7, 11) is -3.51. The minimum atomic E-state index is -3.51. The Balaban J connectivity index is 1.35. The Labute approximate surface area is 200 Å². The normalized spacial score (nSPS) is 15.8. The van der Waals surface area contributed by atoms with Gasteiger partial charge in [-0.25, -0.2) is 8.42 Å². The van der Waals surface area contributed by atoms with Gasteiger partial charge in [0.2, 0.25) is 15.9 Å². The van der Waals surface area contributed by atoms with E-state index < -0.39 is 10.0 Å². The van der Waals surface area contributed by atoms with Crippen molar-refractivity contribution in [1.29, 1.82) is 0 Å². The first-order chi connectivity index (χ1) is 16.1. The van der Waals surface area contributed by atoms with Gasteiger partial charge in [-0.1, -0.05) is 22.9 Å². The van der Waals surface area contributed by atoms with E-state index in [1.165, 1.54) is 10.4 Å². The number of aromatic nitrogens is 2. The Hall–Kier alpha value is -3.17. The molecule has 2 aromatic heterocycles. The van der Waals surface area contributed by atoms with Crippen LogP contribution in [0.15, 0.2) is 51.9 Å². The lowest BCUT2D eigenvalue weighted by molar-refractivity contribution is -0.117. The predicted molar refractivity (Wildman–Crippen MR) is 130 cm³/mol. The maximum Gasteiger partial charge on any atom is 0.244 e. The van der Waals surface area contributed by atoms with Crippen molar-refractivity contribution in [3.63, 3.8) is 0 Å². The summed E-state index contributed by atoms with van der Waals surface area (Å²) in [6.45, 7) is 8.48. The lowest BCUT2D eigenvalue weighted by Gasteiger charge is -2.31. The number of carbonyl (C=O) groups is 1. The van der Waals surface area contributed by atoms with Gasteiger partial charge in [-0.05, 0) is 70.4 Å². The highest BCUT2D eigenvalue weighted by Crippen LogP contribution is 2.23. The van der Waals surface area contributed by atoms with Crippen molar-refractivity contribution in [2.75, 3.05) is 13.1 Å². The molecule has 3 aromatic rings. The molecule has 3 heterocycles. The van der Waals surface area contributed by atoms with E-state index in [1.54, 1.807) is 30.3 Å². The van der Waals surface area contributed by atoms with Crippen molar-refractivity contribution in [3.8, 4) is 5.82 Å². The number of benzene rings is 1. The fraction of sp³-hybridized carbons (Fsp3) is 0.360. The minimum absolute atomic E-state index is 0.0628. The van der Waals surface area contributed by atoms with Crippen molar-refractivity contribution in [3.05, 3.63) is 70.7 Å². The number of amides is 1. The number of piperidine rings is 1. The van der Waals surface area contributed by atoms with Gasteiger partial charge in [0.05, 0.1) is 4.90 Å². The van der Waals surface area contributed by atoms with Gasteiger partial charge >= 0.3 is 0 Å². The zero-order chi connectivity index (χ0) is 24.5. The number of sulfonamides is 1. The summed E-state index contributed by atoms with van der Waals surface area (Å²) in [4.78, 5) is 12.8. The van der Waals surface area contributed by atoms with Gasteiger partial charge < -0.3 is 9.84 Å². The second kappa shape index (κ2) is 9.60. The second-order valence-corrected chi connectivity index (χ2v) is 10.7. The van der Waals surface area contributed by atoms with E-state index in [2.05, 4.69) is 10.5 Å². The zero-order valence-electron chi connectivity index (χ0n) is 19.9. The third-order valence-corrected chi connectivity index (χ3v) is 8.10. The Bertz CT molecular complexity index is 1310. The third kappa shape index (κ3) is 5.00. The first kappa shape index (κ1) is 24.0. The first-order valence-electron chi connectivity index (χ1n) is 11.3. The summed E-state index contributed by atoms with van der Waals surface area (Å²) < 4.78 is 34.4. The maximum atomic E-state index is 12.9. The van der Waals surface area contributed by atoms with Crippen LogP contribution in [0.1, 0.15) is 41.1 Å². The van der Waals surface area contributed by atoms with Crippen LogP contribution in [0, 0.1) is 27.7 Å². The molecule has 1 fully saturated rings. The van der Waals surface area contributed by atoms with Crippen molar-refractivity contribution in [1.82, 2.24) is 19.3 Å². The van der Waals surface area contributed by atoms with Crippen LogP contribution in [-0.2, 0) is 14.8 Å². The number of nitrogens with one attached hydrogen (secondary N) is 1. The molecular formula is C25H30N4O4S. The highest BCUT2D eigenvalue weighted by atomic mass is 32.2. The standard InChI is InChI=1S/C25H30N4O4S/c1-17-5-8-23(9-6-17)34(31,32)28-13-11-22(12-14-28)26-25(30)10-7-21-15-18(2)29(20(21)4)24-16-19(3)33-27-24/h5-10,15-16,22H,11-14H2,1-4H3,(H,26,30)/b10-7+. The number of rotatable bonds is 6. The van der Waals surface area contributed by atoms with E-state index in [4.69, 9.17) is 4.52 Å². The van der Waals surface area contributed by atoms with Gasteiger partial charge in [-0.15, -0.1) is 0 Å². The second-order valence-electron chi connectivity index (χ2n) is 8.79. The van der Waals surface area contributed by atoms with E-state index >= 15 is 0 Å². The van der Waals surface area contributed by atoms with Crippen molar-refractivity contribution in [2.45, 2.75) is 51.5 Å². The Morgan fingerprint density at radius 3 is 2.38 bits per heavy atom. The van der Waals surface area contributed by atoms with Crippen LogP contribution in [-0.4, -0.2) is 47.5 Å². The minimum Gasteiger partial charge on any atom is -0.360 e. The summed E-state index contributed by atoms with van der Waals surface area (Å²) in [5.41, 5.74) is 3.90. The van der Waals surface area contributed by atoms with E-state index in [-0.39, 0.29) is 11.9 Å². The highest BCUT2D eigenvalue weighted by molar-refractivity contribution is 7.89. The first-order valence-corrected chi connectivity index (χ1v) is 12.8. The molecule has 0 aliphatic carbocycles. The van der Waals surface area contributed by atoms with Crippen LogP contribution >= 0.6 is 0 Å². The maximum absolute atomic E-state index is 12.9. The molecule has 1 N–H and O–H groups in total. The van der Waals surface area contributed by atoms with Crippen LogP contribution in [0.5, 0.6) is 0 Å². The SMILES string of the molecule is Cc1ccc(S(=O)(=O)N2CCC(NC(=O)/C=C/c3cc(C)n(-c4cc(C)on4)c3C)CC2)cc1. The summed E-state index contributed by atoms with van der Waals surface area (Å²) in [5.74, 6) is 1.25. The molecule has 1 amide bonds. The van der Waals surface area contributed by atoms with Gasteiger partial charge in [0.25, 0.3) is 0 Å². The smallest absolute Gasteiger partial charge is 0.244 e. The Morgan fingerprint density at radius 2 is 1.76 bits per heavy atom. The van der Waals surface area contributed by atoms with E-state index in [9.17, 15) is 13.2 Å². The summed E-state index contributed by atoms with van der Waals surface area (Å²) in [6.07, 6.45) is 4.46. The Kier molecular flexibility index (Phi) is 6.77. The molecule has 0 spiro atoms. The molecule has 1 aliphatic rings. The van der Waals surface area contributed by atoms with Crippen LogP contribution in [0.2, 0.25) is 0 Å². The molecule has 4 rings (SSSR count). The summed E-state index contributed by atoms with van der Waals surface area (Å²) in [6, 6.07) is 10.7. The molecule has 0 unspecified atom stereocenters. The molecule has 0 radical (unpaired) electrons. The quantitative estimate of drug-likeness (QED) is 0.541. The molecular weight excluding hydrogens is 452 g/mol. The summed E-state index contributed by atoms with van der Waals surface area (Å²) in [5, 5.41) is 7.08.